The van der Waals surface area contributed by atoms with Gasteiger partial charge >= 0.3 is 0 Å². The second kappa shape index (κ2) is 8.47. The van der Waals surface area contributed by atoms with Gasteiger partial charge in [0.05, 0.1) is 6.54 Å². The average Bonchev–Trinajstić information content (AvgIpc) is 3.10. The Bertz CT molecular complexity index is 716. The minimum Gasteiger partial charge on any atom is -0.359 e. The summed E-state index contributed by atoms with van der Waals surface area (Å²) >= 11 is 0. The van der Waals surface area contributed by atoms with Gasteiger partial charge in [0, 0.05) is 38.3 Å². The molecule has 140 valence electrons. The molecular formula is C20H28N4O2. The molecule has 0 unspecified atom stereocenters. The second-order valence-corrected chi connectivity index (χ2v) is 7.13. The lowest BCUT2D eigenvalue weighted by atomic mass is 10.1. The standard InChI is InChI=1S/C20H28N4O2/c1-4-17-14-24(11-10-23(17)3)20(25)19-12-18(26-21-19)15-22(2)13-16-8-6-5-7-9-16/h5-9,12,17H,4,10-11,13-15H2,1-3H3/t17-/m0/s1. The smallest absolute Gasteiger partial charge is 0.276 e. The van der Waals surface area contributed by atoms with Gasteiger partial charge in [0.2, 0.25) is 0 Å². The molecule has 1 fully saturated rings. The van der Waals surface area contributed by atoms with Gasteiger partial charge in [0.15, 0.2) is 11.5 Å². The third-order valence-electron chi connectivity index (χ3n) is 5.03. The molecule has 1 aromatic heterocycles. The van der Waals surface area contributed by atoms with Crippen LogP contribution in [0.1, 0.15) is 35.2 Å². The number of likely N-dealkylation sites (N-methyl/N-ethyl adjacent to an activating group) is 1. The minimum absolute atomic E-state index is 0.0303. The number of carbonyl (C=O) groups excluding carboxylic acids is 1. The Morgan fingerprint density at radius 2 is 2.04 bits per heavy atom. The number of benzene rings is 1. The summed E-state index contributed by atoms with van der Waals surface area (Å²) in [6.45, 7) is 5.99. The van der Waals surface area contributed by atoms with E-state index in [0.29, 0.717) is 24.0 Å². The molecule has 1 amide bonds. The molecular weight excluding hydrogens is 328 g/mol. The lowest BCUT2D eigenvalue weighted by Gasteiger charge is -2.38. The molecule has 6 nitrogen and oxygen atoms in total. The van der Waals surface area contributed by atoms with Crippen molar-refractivity contribution in [2.24, 2.45) is 0 Å². The number of rotatable bonds is 6. The van der Waals surface area contributed by atoms with E-state index in [0.717, 1.165) is 32.6 Å². The van der Waals surface area contributed by atoms with E-state index in [1.165, 1.54) is 5.56 Å². The van der Waals surface area contributed by atoms with Gasteiger partial charge in [-0.3, -0.25) is 14.6 Å². The Morgan fingerprint density at radius 1 is 1.27 bits per heavy atom. The molecule has 6 heteroatoms. The quantitative estimate of drug-likeness (QED) is 0.796. The second-order valence-electron chi connectivity index (χ2n) is 7.13. The normalized spacial score (nSPS) is 18.5. The Morgan fingerprint density at radius 3 is 2.77 bits per heavy atom. The minimum atomic E-state index is -0.0303. The van der Waals surface area contributed by atoms with Crippen LogP contribution in [0, 0.1) is 0 Å². The molecule has 0 bridgehead atoms. The lowest BCUT2D eigenvalue weighted by molar-refractivity contribution is 0.0532. The predicted molar refractivity (Wildman–Crippen MR) is 101 cm³/mol. The van der Waals surface area contributed by atoms with Crippen LogP contribution < -0.4 is 0 Å². The maximum absolute atomic E-state index is 12.7. The van der Waals surface area contributed by atoms with Crippen molar-refractivity contribution in [1.82, 2.24) is 19.9 Å². The highest BCUT2D eigenvalue weighted by Crippen LogP contribution is 2.15. The fourth-order valence-corrected chi connectivity index (χ4v) is 3.44. The van der Waals surface area contributed by atoms with Crippen molar-refractivity contribution in [3.05, 3.63) is 53.4 Å². The topological polar surface area (TPSA) is 52.8 Å². The van der Waals surface area contributed by atoms with E-state index in [4.69, 9.17) is 4.52 Å². The van der Waals surface area contributed by atoms with Gasteiger partial charge in [-0.2, -0.15) is 0 Å². The summed E-state index contributed by atoms with van der Waals surface area (Å²) in [4.78, 5) is 19.1. The van der Waals surface area contributed by atoms with Gasteiger partial charge in [-0.1, -0.05) is 42.4 Å². The third kappa shape index (κ3) is 4.51. The molecule has 1 aliphatic rings. The van der Waals surface area contributed by atoms with E-state index >= 15 is 0 Å². The number of hydrogen-bond donors (Lipinski definition) is 0. The lowest BCUT2D eigenvalue weighted by Crippen LogP contribution is -2.53. The van der Waals surface area contributed by atoms with Crippen LogP contribution in [-0.4, -0.2) is 65.5 Å². The van der Waals surface area contributed by atoms with Crippen LogP contribution in [0.25, 0.3) is 0 Å². The van der Waals surface area contributed by atoms with Crippen LogP contribution in [0.4, 0.5) is 0 Å². The summed E-state index contributed by atoms with van der Waals surface area (Å²) in [6.07, 6.45) is 1.04. The van der Waals surface area contributed by atoms with Gasteiger partial charge in [0.1, 0.15) is 0 Å². The fraction of sp³-hybridized carbons (Fsp3) is 0.500. The Hall–Kier alpha value is -2.18. The van der Waals surface area contributed by atoms with E-state index in [-0.39, 0.29) is 5.91 Å². The first-order valence-corrected chi connectivity index (χ1v) is 9.24. The van der Waals surface area contributed by atoms with Crippen molar-refractivity contribution < 1.29 is 9.32 Å². The van der Waals surface area contributed by atoms with E-state index in [1.807, 2.05) is 30.1 Å². The SMILES string of the molecule is CC[C@H]1CN(C(=O)c2cc(CN(C)Cc3ccccc3)on2)CCN1C. The molecule has 0 spiro atoms. The van der Waals surface area contributed by atoms with Crippen LogP contribution in [0.3, 0.4) is 0 Å². The number of aromatic nitrogens is 1. The van der Waals surface area contributed by atoms with Gasteiger partial charge in [-0.05, 0) is 26.1 Å². The van der Waals surface area contributed by atoms with Crippen LogP contribution in [0.15, 0.2) is 40.9 Å². The van der Waals surface area contributed by atoms with Crippen molar-refractivity contribution in [3.63, 3.8) is 0 Å². The Labute approximate surface area is 155 Å². The Balaban J connectivity index is 1.58. The van der Waals surface area contributed by atoms with E-state index < -0.39 is 0 Å². The molecule has 1 aromatic carbocycles. The monoisotopic (exact) mass is 356 g/mol. The number of amides is 1. The first kappa shape index (κ1) is 18.6. The van der Waals surface area contributed by atoms with E-state index in [9.17, 15) is 4.79 Å². The molecule has 2 aromatic rings. The molecule has 1 saturated heterocycles. The van der Waals surface area contributed by atoms with Crippen LogP contribution in [0.2, 0.25) is 0 Å². The number of nitrogens with zero attached hydrogens (tertiary/aromatic N) is 4. The fourth-order valence-electron chi connectivity index (χ4n) is 3.44. The summed E-state index contributed by atoms with van der Waals surface area (Å²) < 4.78 is 5.41. The maximum Gasteiger partial charge on any atom is 0.276 e. The zero-order chi connectivity index (χ0) is 18.5. The molecule has 0 radical (unpaired) electrons. The molecule has 0 saturated carbocycles. The summed E-state index contributed by atoms with van der Waals surface area (Å²) in [6, 6.07) is 12.5. The van der Waals surface area contributed by atoms with Gasteiger partial charge < -0.3 is 9.42 Å². The predicted octanol–water partition coefficient (Wildman–Crippen LogP) is 2.47. The average molecular weight is 356 g/mol. The highest BCUT2D eigenvalue weighted by molar-refractivity contribution is 5.92. The molecule has 1 aliphatic heterocycles. The summed E-state index contributed by atoms with van der Waals surface area (Å²) in [7, 11) is 4.15. The summed E-state index contributed by atoms with van der Waals surface area (Å²) in [5.41, 5.74) is 1.65. The van der Waals surface area contributed by atoms with Gasteiger partial charge in [-0.25, -0.2) is 0 Å². The largest absolute Gasteiger partial charge is 0.359 e. The molecule has 0 N–H and O–H groups in total. The number of carbonyl (C=O) groups is 1. The molecule has 2 heterocycles. The number of piperazine rings is 1. The zero-order valence-corrected chi connectivity index (χ0v) is 15.9. The maximum atomic E-state index is 12.7. The van der Waals surface area contributed by atoms with Crippen molar-refractivity contribution in [2.45, 2.75) is 32.5 Å². The van der Waals surface area contributed by atoms with Crippen LogP contribution in [0.5, 0.6) is 0 Å². The summed E-state index contributed by atoms with van der Waals surface area (Å²) in [5.74, 6) is 0.685. The molecule has 0 aliphatic carbocycles. The first-order chi connectivity index (χ1) is 12.6. The molecule has 1 atom stereocenters. The van der Waals surface area contributed by atoms with Crippen molar-refractivity contribution in [2.75, 3.05) is 33.7 Å². The highest BCUT2D eigenvalue weighted by Gasteiger charge is 2.28. The van der Waals surface area contributed by atoms with Gasteiger partial charge in [0.25, 0.3) is 5.91 Å². The van der Waals surface area contributed by atoms with Crippen molar-refractivity contribution in [3.8, 4) is 0 Å². The van der Waals surface area contributed by atoms with Crippen molar-refractivity contribution in [1.29, 1.82) is 0 Å². The third-order valence-corrected chi connectivity index (χ3v) is 5.03. The van der Waals surface area contributed by atoms with E-state index in [1.54, 1.807) is 6.07 Å². The van der Waals surface area contributed by atoms with E-state index in [2.05, 4.69) is 41.1 Å². The molecule has 3 rings (SSSR count). The summed E-state index contributed by atoms with van der Waals surface area (Å²) in [5, 5.41) is 4.01. The Kier molecular flexibility index (Phi) is 6.06. The number of hydrogen-bond acceptors (Lipinski definition) is 5. The van der Waals surface area contributed by atoms with Crippen LogP contribution in [-0.2, 0) is 13.1 Å². The van der Waals surface area contributed by atoms with Crippen LogP contribution >= 0.6 is 0 Å². The molecule has 26 heavy (non-hydrogen) atoms. The van der Waals surface area contributed by atoms with Gasteiger partial charge in [-0.15, -0.1) is 0 Å². The zero-order valence-electron chi connectivity index (χ0n) is 15.9. The highest BCUT2D eigenvalue weighted by atomic mass is 16.5. The first-order valence-electron chi connectivity index (χ1n) is 9.24. The van der Waals surface area contributed by atoms with Crippen molar-refractivity contribution >= 4 is 5.91 Å².